The second kappa shape index (κ2) is 6.89. The van der Waals surface area contributed by atoms with Crippen molar-refractivity contribution in [1.82, 2.24) is 10.2 Å². The number of nitrogens with zero attached hydrogens (tertiary/aromatic N) is 1. The molecule has 1 amide bonds. The fraction of sp³-hybridized carbons (Fsp3) is 0.923. The Morgan fingerprint density at radius 3 is 2.62 bits per heavy atom. The van der Waals surface area contributed by atoms with Crippen molar-refractivity contribution in [3.05, 3.63) is 0 Å². The van der Waals surface area contributed by atoms with E-state index in [-0.39, 0.29) is 5.91 Å². The fourth-order valence-electron chi connectivity index (χ4n) is 2.00. The standard InChI is InChI=1S/C13H26N2O/c1-4-6-7-11(3)14-10-13(16)15(5-2)12-8-9-12/h11-12,14H,4-10H2,1-3H3. The van der Waals surface area contributed by atoms with Crippen molar-refractivity contribution in [1.29, 1.82) is 0 Å². The van der Waals surface area contributed by atoms with Crippen molar-refractivity contribution in [3.63, 3.8) is 0 Å². The Balaban J connectivity index is 2.17. The zero-order chi connectivity index (χ0) is 12.0. The first-order valence-electron chi connectivity index (χ1n) is 6.71. The van der Waals surface area contributed by atoms with Crippen LogP contribution in [0.3, 0.4) is 0 Å². The minimum absolute atomic E-state index is 0.272. The van der Waals surface area contributed by atoms with Gasteiger partial charge >= 0.3 is 0 Å². The SMILES string of the molecule is CCCCC(C)NCC(=O)N(CC)C1CC1. The van der Waals surface area contributed by atoms with Crippen LogP contribution < -0.4 is 5.32 Å². The van der Waals surface area contributed by atoms with Crippen LogP contribution in [0.1, 0.15) is 52.9 Å². The minimum atomic E-state index is 0.272. The second-order valence-electron chi connectivity index (χ2n) is 4.84. The highest BCUT2D eigenvalue weighted by molar-refractivity contribution is 5.78. The molecule has 1 N–H and O–H groups in total. The monoisotopic (exact) mass is 226 g/mol. The molecular weight excluding hydrogens is 200 g/mol. The molecule has 1 atom stereocenters. The first-order valence-corrected chi connectivity index (χ1v) is 6.71. The lowest BCUT2D eigenvalue weighted by Gasteiger charge is -2.22. The van der Waals surface area contributed by atoms with E-state index in [9.17, 15) is 4.79 Å². The molecule has 0 saturated heterocycles. The van der Waals surface area contributed by atoms with Gasteiger partial charge < -0.3 is 10.2 Å². The Hall–Kier alpha value is -0.570. The number of nitrogens with one attached hydrogen (secondary N) is 1. The van der Waals surface area contributed by atoms with Gasteiger partial charge in [-0.05, 0) is 33.1 Å². The third kappa shape index (κ3) is 4.52. The number of hydrogen-bond acceptors (Lipinski definition) is 2. The Morgan fingerprint density at radius 1 is 1.44 bits per heavy atom. The van der Waals surface area contributed by atoms with Gasteiger partial charge in [0.2, 0.25) is 5.91 Å². The summed E-state index contributed by atoms with van der Waals surface area (Å²) in [4.78, 5) is 13.9. The van der Waals surface area contributed by atoms with E-state index in [4.69, 9.17) is 0 Å². The highest BCUT2D eigenvalue weighted by Gasteiger charge is 2.30. The molecule has 0 spiro atoms. The number of unbranched alkanes of at least 4 members (excludes halogenated alkanes) is 1. The van der Waals surface area contributed by atoms with Gasteiger partial charge in [-0.15, -0.1) is 0 Å². The predicted octanol–water partition coefficient (Wildman–Crippen LogP) is 2.17. The van der Waals surface area contributed by atoms with Gasteiger partial charge in [-0.25, -0.2) is 0 Å². The molecule has 3 nitrogen and oxygen atoms in total. The molecule has 0 aromatic carbocycles. The van der Waals surface area contributed by atoms with Gasteiger partial charge in [0.05, 0.1) is 6.54 Å². The molecule has 0 bridgehead atoms. The first kappa shape index (κ1) is 13.5. The van der Waals surface area contributed by atoms with Gasteiger partial charge in [-0.1, -0.05) is 19.8 Å². The number of carbonyl (C=O) groups excluding carboxylic acids is 1. The Bertz CT molecular complexity index is 214. The van der Waals surface area contributed by atoms with Crippen LogP contribution in [-0.2, 0) is 4.79 Å². The zero-order valence-corrected chi connectivity index (χ0v) is 11.0. The molecule has 1 saturated carbocycles. The summed E-state index contributed by atoms with van der Waals surface area (Å²) in [6.07, 6.45) is 6.03. The van der Waals surface area contributed by atoms with Crippen molar-refractivity contribution in [3.8, 4) is 0 Å². The van der Waals surface area contributed by atoms with Crippen LogP contribution in [-0.4, -0.2) is 36.0 Å². The Labute approximate surface area is 99.6 Å². The summed E-state index contributed by atoms with van der Waals surface area (Å²) in [5.41, 5.74) is 0. The Morgan fingerprint density at radius 2 is 2.12 bits per heavy atom. The lowest BCUT2D eigenvalue weighted by atomic mass is 10.1. The van der Waals surface area contributed by atoms with Gasteiger partial charge in [0.1, 0.15) is 0 Å². The third-order valence-electron chi connectivity index (χ3n) is 3.24. The summed E-state index contributed by atoms with van der Waals surface area (Å²) in [6.45, 7) is 7.79. The van der Waals surface area contributed by atoms with E-state index in [0.717, 1.165) is 6.54 Å². The molecule has 0 aromatic heterocycles. The van der Waals surface area contributed by atoms with Crippen molar-refractivity contribution < 1.29 is 4.79 Å². The molecule has 1 unspecified atom stereocenters. The average Bonchev–Trinajstić information content (AvgIpc) is 3.08. The summed E-state index contributed by atoms with van der Waals surface area (Å²) >= 11 is 0. The number of carbonyl (C=O) groups is 1. The molecule has 1 rings (SSSR count). The van der Waals surface area contributed by atoms with Crippen molar-refractivity contribution >= 4 is 5.91 Å². The average molecular weight is 226 g/mol. The van der Waals surface area contributed by atoms with Crippen LogP contribution in [0.25, 0.3) is 0 Å². The summed E-state index contributed by atoms with van der Waals surface area (Å²) in [5.74, 6) is 0.272. The number of hydrogen-bond donors (Lipinski definition) is 1. The van der Waals surface area contributed by atoms with E-state index < -0.39 is 0 Å². The van der Waals surface area contributed by atoms with Crippen LogP contribution in [0.15, 0.2) is 0 Å². The van der Waals surface area contributed by atoms with E-state index in [1.165, 1.54) is 32.1 Å². The topological polar surface area (TPSA) is 32.3 Å². The quantitative estimate of drug-likeness (QED) is 0.688. The van der Waals surface area contributed by atoms with Gasteiger partial charge in [0.25, 0.3) is 0 Å². The van der Waals surface area contributed by atoms with Crippen molar-refractivity contribution in [2.45, 2.75) is 65.0 Å². The van der Waals surface area contributed by atoms with E-state index in [1.54, 1.807) is 0 Å². The molecule has 1 aliphatic carbocycles. The number of likely N-dealkylation sites (N-methyl/N-ethyl adjacent to an activating group) is 1. The van der Waals surface area contributed by atoms with Crippen LogP contribution in [0, 0.1) is 0 Å². The summed E-state index contributed by atoms with van der Waals surface area (Å²) in [6, 6.07) is 1.01. The Kier molecular flexibility index (Phi) is 5.81. The van der Waals surface area contributed by atoms with Gasteiger partial charge in [-0.3, -0.25) is 4.79 Å². The van der Waals surface area contributed by atoms with Crippen LogP contribution in [0.5, 0.6) is 0 Å². The van der Waals surface area contributed by atoms with E-state index in [2.05, 4.69) is 26.1 Å². The third-order valence-corrected chi connectivity index (χ3v) is 3.24. The second-order valence-corrected chi connectivity index (χ2v) is 4.84. The molecular formula is C13H26N2O. The highest BCUT2D eigenvalue weighted by Crippen LogP contribution is 2.26. The molecule has 0 heterocycles. The lowest BCUT2D eigenvalue weighted by Crippen LogP contribution is -2.41. The summed E-state index contributed by atoms with van der Waals surface area (Å²) in [5, 5.41) is 3.32. The minimum Gasteiger partial charge on any atom is -0.339 e. The molecule has 94 valence electrons. The molecule has 0 aromatic rings. The van der Waals surface area contributed by atoms with E-state index in [0.29, 0.717) is 18.6 Å². The fourth-order valence-corrected chi connectivity index (χ4v) is 2.00. The maximum absolute atomic E-state index is 11.9. The molecule has 0 aliphatic heterocycles. The van der Waals surface area contributed by atoms with Crippen LogP contribution >= 0.6 is 0 Å². The van der Waals surface area contributed by atoms with Gasteiger partial charge in [-0.2, -0.15) is 0 Å². The first-order chi connectivity index (χ1) is 7.69. The summed E-state index contributed by atoms with van der Waals surface area (Å²) in [7, 11) is 0. The molecule has 0 radical (unpaired) electrons. The molecule has 16 heavy (non-hydrogen) atoms. The zero-order valence-electron chi connectivity index (χ0n) is 11.0. The maximum atomic E-state index is 11.9. The number of rotatable bonds is 8. The predicted molar refractivity (Wildman–Crippen MR) is 67.4 cm³/mol. The maximum Gasteiger partial charge on any atom is 0.236 e. The lowest BCUT2D eigenvalue weighted by molar-refractivity contribution is -0.130. The van der Waals surface area contributed by atoms with Gasteiger partial charge in [0, 0.05) is 18.6 Å². The molecule has 3 heteroatoms. The van der Waals surface area contributed by atoms with E-state index in [1.807, 2.05) is 4.90 Å². The van der Waals surface area contributed by atoms with Crippen LogP contribution in [0.2, 0.25) is 0 Å². The largest absolute Gasteiger partial charge is 0.339 e. The summed E-state index contributed by atoms with van der Waals surface area (Å²) < 4.78 is 0. The molecule has 1 aliphatic rings. The molecule has 1 fully saturated rings. The van der Waals surface area contributed by atoms with Crippen molar-refractivity contribution in [2.24, 2.45) is 0 Å². The van der Waals surface area contributed by atoms with E-state index >= 15 is 0 Å². The van der Waals surface area contributed by atoms with Crippen molar-refractivity contribution in [2.75, 3.05) is 13.1 Å². The normalized spacial score (nSPS) is 17.2. The number of amides is 1. The highest BCUT2D eigenvalue weighted by atomic mass is 16.2. The smallest absolute Gasteiger partial charge is 0.236 e. The van der Waals surface area contributed by atoms with Gasteiger partial charge in [0.15, 0.2) is 0 Å². The van der Waals surface area contributed by atoms with Crippen LogP contribution in [0.4, 0.5) is 0 Å².